The molecule has 2 saturated carbocycles. The average molecular weight is 513 g/mol. The molecule has 1 heterocycles. The van der Waals surface area contributed by atoms with E-state index in [1.54, 1.807) is 0 Å². The van der Waals surface area contributed by atoms with Crippen molar-refractivity contribution in [2.24, 2.45) is 35.5 Å². The van der Waals surface area contributed by atoms with E-state index in [0.29, 0.717) is 42.2 Å². The number of benzene rings is 1. The van der Waals surface area contributed by atoms with Crippen molar-refractivity contribution in [2.75, 3.05) is 29.6 Å². The molecule has 6 atom stereocenters. The van der Waals surface area contributed by atoms with Crippen molar-refractivity contribution in [3.63, 3.8) is 0 Å². The van der Waals surface area contributed by atoms with Crippen molar-refractivity contribution in [2.45, 2.75) is 92.3 Å². The average Bonchev–Trinajstić information content (AvgIpc) is 3.15. The van der Waals surface area contributed by atoms with E-state index in [9.17, 15) is 9.59 Å². The number of ether oxygens (including phenoxy) is 2. The van der Waals surface area contributed by atoms with Crippen LogP contribution in [0.1, 0.15) is 80.1 Å². The smallest absolute Gasteiger partial charge is 0.325 e. The molecular weight excluding hydrogens is 464 g/mol. The molecule has 1 aliphatic heterocycles. The molecule has 6 unspecified atom stereocenters. The number of para-hydroxylation sites is 2. The number of rotatable bonds is 8. The van der Waals surface area contributed by atoms with Gasteiger partial charge in [-0.1, -0.05) is 66.5 Å². The Morgan fingerprint density at radius 1 is 0.757 bits per heavy atom. The second kappa shape index (κ2) is 12.1. The summed E-state index contributed by atoms with van der Waals surface area (Å²) in [7, 11) is 0. The van der Waals surface area contributed by atoms with Gasteiger partial charge in [-0.05, 0) is 73.3 Å². The number of nitrogens with zero attached hydrogens (tertiary/aromatic N) is 2. The first kappa shape index (κ1) is 27.8. The van der Waals surface area contributed by atoms with Gasteiger partial charge in [-0.15, -0.1) is 0 Å². The van der Waals surface area contributed by atoms with Gasteiger partial charge < -0.3 is 19.3 Å². The van der Waals surface area contributed by atoms with E-state index in [1.165, 1.54) is 12.8 Å². The van der Waals surface area contributed by atoms with Crippen molar-refractivity contribution in [3.05, 3.63) is 24.3 Å². The van der Waals surface area contributed by atoms with Crippen LogP contribution in [0.5, 0.6) is 0 Å². The molecule has 0 radical (unpaired) electrons. The van der Waals surface area contributed by atoms with E-state index in [0.717, 1.165) is 37.1 Å². The Morgan fingerprint density at radius 2 is 1.16 bits per heavy atom. The molecule has 206 valence electrons. The number of esters is 2. The maximum absolute atomic E-state index is 13.1. The summed E-state index contributed by atoms with van der Waals surface area (Å²) in [6.45, 7) is 14.3. The highest BCUT2D eigenvalue weighted by Crippen LogP contribution is 2.38. The highest BCUT2D eigenvalue weighted by atomic mass is 16.5. The molecule has 6 heteroatoms. The normalized spacial score (nSPS) is 29.9. The summed E-state index contributed by atoms with van der Waals surface area (Å²) in [5, 5.41) is 0. The van der Waals surface area contributed by atoms with Crippen molar-refractivity contribution >= 4 is 23.3 Å². The lowest BCUT2D eigenvalue weighted by Gasteiger charge is -2.37. The van der Waals surface area contributed by atoms with Gasteiger partial charge in [-0.25, -0.2) is 0 Å². The minimum absolute atomic E-state index is 0.00744. The molecule has 3 aliphatic rings. The molecule has 2 aliphatic carbocycles. The topological polar surface area (TPSA) is 59.1 Å². The second-order valence-corrected chi connectivity index (χ2v) is 12.7. The minimum atomic E-state index is -0.181. The number of carbonyl (C=O) groups excluding carboxylic acids is 2. The van der Waals surface area contributed by atoms with Gasteiger partial charge in [0.15, 0.2) is 0 Å². The lowest BCUT2D eigenvalue weighted by Crippen LogP contribution is -2.42. The molecule has 0 aromatic heterocycles. The summed E-state index contributed by atoms with van der Waals surface area (Å²) >= 11 is 0. The SMILES string of the molecule is CC1CCC(C(C)C)C(OC(=O)CN2CN(CC(=O)OC3CC(C)CCC3C(C)C)c3ccccc32)C1. The van der Waals surface area contributed by atoms with Crippen LogP contribution in [0, 0.1) is 35.5 Å². The number of carbonyl (C=O) groups is 2. The molecule has 0 spiro atoms. The third-order valence-corrected chi connectivity index (χ3v) is 9.03. The quantitative estimate of drug-likeness (QED) is 0.382. The van der Waals surface area contributed by atoms with Crippen LogP contribution in [-0.2, 0) is 19.1 Å². The van der Waals surface area contributed by atoms with Gasteiger partial charge in [0.1, 0.15) is 25.3 Å². The third kappa shape index (κ3) is 6.80. The zero-order chi connectivity index (χ0) is 26.7. The van der Waals surface area contributed by atoms with Crippen LogP contribution in [0.4, 0.5) is 11.4 Å². The van der Waals surface area contributed by atoms with E-state index in [-0.39, 0.29) is 37.2 Å². The number of hydrogen-bond acceptors (Lipinski definition) is 6. The molecule has 6 nitrogen and oxygen atoms in total. The first-order chi connectivity index (χ1) is 17.6. The van der Waals surface area contributed by atoms with Crippen LogP contribution < -0.4 is 9.80 Å². The fourth-order valence-corrected chi connectivity index (χ4v) is 6.85. The van der Waals surface area contributed by atoms with E-state index in [1.807, 2.05) is 34.1 Å². The summed E-state index contributed by atoms with van der Waals surface area (Å²) in [5.41, 5.74) is 1.94. The Kier molecular flexibility index (Phi) is 9.07. The molecule has 37 heavy (non-hydrogen) atoms. The Bertz CT molecular complexity index is 859. The van der Waals surface area contributed by atoms with Crippen LogP contribution in [0.15, 0.2) is 24.3 Å². The molecule has 0 amide bonds. The maximum atomic E-state index is 13.1. The standard InChI is InChI=1S/C31H48N2O4/c1-20(2)24-13-11-22(5)15-28(24)36-30(34)17-32-19-33(27-10-8-7-9-26(27)32)18-31(35)37-29-16-23(6)12-14-25(29)21(3)4/h7-10,20-25,28-29H,11-19H2,1-6H3. The summed E-state index contributed by atoms with van der Waals surface area (Å²) in [5.74, 6) is 2.67. The Balaban J connectivity index is 1.37. The van der Waals surface area contributed by atoms with Crippen LogP contribution in [0.2, 0.25) is 0 Å². The maximum Gasteiger partial charge on any atom is 0.325 e. The van der Waals surface area contributed by atoms with Crippen LogP contribution in [-0.4, -0.2) is 43.9 Å². The first-order valence-electron chi connectivity index (χ1n) is 14.6. The van der Waals surface area contributed by atoms with E-state index in [4.69, 9.17) is 9.47 Å². The highest BCUT2D eigenvalue weighted by Gasteiger charge is 2.36. The lowest BCUT2D eigenvalue weighted by atomic mass is 9.75. The Hall–Kier alpha value is -2.24. The molecule has 1 aromatic rings. The second-order valence-electron chi connectivity index (χ2n) is 12.7. The van der Waals surface area contributed by atoms with Gasteiger partial charge in [0.2, 0.25) is 0 Å². The van der Waals surface area contributed by atoms with Crippen LogP contribution in [0.25, 0.3) is 0 Å². The predicted molar refractivity (Wildman–Crippen MR) is 148 cm³/mol. The van der Waals surface area contributed by atoms with Crippen molar-refractivity contribution in [1.29, 1.82) is 0 Å². The van der Waals surface area contributed by atoms with Crippen molar-refractivity contribution in [1.82, 2.24) is 0 Å². The predicted octanol–water partition coefficient (Wildman–Crippen LogP) is 6.28. The van der Waals surface area contributed by atoms with E-state index in [2.05, 4.69) is 41.5 Å². The molecule has 0 N–H and O–H groups in total. The summed E-state index contributed by atoms with van der Waals surface area (Å²) in [6, 6.07) is 8.00. The minimum Gasteiger partial charge on any atom is -0.461 e. The third-order valence-electron chi connectivity index (χ3n) is 9.03. The first-order valence-corrected chi connectivity index (χ1v) is 14.6. The summed E-state index contributed by atoms with van der Waals surface area (Å²) in [6.07, 6.45) is 6.53. The zero-order valence-electron chi connectivity index (χ0n) is 23.8. The molecule has 2 fully saturated rings. The Labute approximate surface area is 224 Å². The largest absolute Gasteiger partial charge is 0.461 e. The van der Waals surface area contributed by atoms with Crippen molar-refractivity contribution in [3.8, 4) is 0 Å². The zero-order valence-corrected chi connectivity index (χ0v) is 23.8. The molecule has 1 aromatic carbocycles. The van der Waals surface area contributed by atoms with E-state index < -0.39 is 0 Å². The molecular formula is C31H48N2O4. The van der Waals surface area contributed by atoms with Gasteiger partial charge in [0.05, 0.1) is 18.0 Å². The van der Waals surface area contributed by atoms with Gasteiger partial charge in [0.25, 0.3) is 0 Å². The fraction of sp³-hybridized carbons (Fsp3) is 0.742. The van der Waals surface area contributed by atoms with Gasteiger partial charge >= 0.3 is 11.9 Å². The van der Waals surface area contributed by atoms with Crippen LogP contribution >= 0.6 is 0 Å². The summed E-state index contributed by atoms with van der Waals surface area (Å²) < 4.78 is 12.2. The summed E-state index contributed by atoms with van der Waals surface area (Å²) in [4.78, 5) is 30.3. The fourth-order valence-electron chi connectivity index (χ4n) is 6.85. The van der Waals surface area contributed by atoms with Crippen molar-refractivity contribution < 1.29 is 19.1 Å². The Morgan fingerprint density at radius 3 is 1.54 bits per heavy atom. The number of fused-ring (bicyclic) bond motifs is 1. The molecule has 4 rings (SSSR count). The number of hydrogen-bond donors (Lipinski definition) is 0. The number of anilines is 2. The highest BCUT2D eigenvalue weighted by molar-refractivity contribution is 5.86. The lowest BCUT2D eigenvalue weighted by molar-refractivity contribution is -0.154. The van der Waals surface area contributed by atoms with Crippen LogP contribution in [0.3, 0.4) is 0 Å². The van der Waals surface area contributed by atoms with E-state index >= 15 is 0 Å². The van der Waals surface area contributed by atoms with Gasteiger partial charge in [-0.3, -0.25) is 9.59 Å². The monoisotopic (exact) mass is 512 g/mol. The molecule has 0 saturated heterocycles. The van der Waals surface area contributed by atoms with Gasteiger partial charge in [0, 0.05) is 0 Å². The van der Waals surface area contributed by atoms with Gasteiger partial charge in [-0.2, -0.15) is 0 Å². The molecule has 0 bridgehead atoms.